The third kappa shape index (κ3) is 3.11. The van der Waals surface area contributed by atoms with Crippen LogP contribution in [0.4, 0.5) is 11.6 Å². The smallest absolute Gasteiger partial charge is 0.230 e. The number of fused-ring (bicyclic) bond motifs is 1. The van der Waals surface area contributed by atoms with Crippen molar-refractivity contribution in [3.8, 4) is 12.3 Å². The van der Waals surface area contributed by atoms with E-state index >= 15 is 0 Å². The number of terminal acetylenes is 1. The standard InChI is InChI=1S/C16H14N6O/c1-3-12-14-15(19-9-18-14)22-16(21-12)20-11-6-4-10(5-7-11)8-13(23)17-2/h1,4-7,9H,8H2,2H3,(H,17,23)(H2,18,19,20,21,22). The Hall–Kier alpha value is -3.40. The molecule has 3 aromatic rings. The van der Waals surface area contributed by atoms with Gasteiger partial charge in [0.05, 0.1) is 12.7 Å². The molecule has 2 aromatic heterocycles. The third-order valence-electron chi connectivity index (χ3n) is 3.28. The molecule has 7 nitrogen and oxygen atoms in total. The van der Waals surface area contributed by atoms with Gasteiger partial charge < -0.3 is 15.6 Å². The van der Waals surface area contributed by atoms with Crippen molar-refractivity contribution in [1.29, 1.82) is 0 Å². The lowest BCUT2D eigenvalue weighted by Crippen LogP contribution is -2.19. The molecule has 1 amide bonds. The van der Waals surface area contributed by atoms with Crippen LogP contribution < -0.4 is 10.6 Å². The molecule has 0 radical (unpaired) electrons. The number of rotatable bonds is 4. The minimum Gasteiger partial charge on any atom is -0.359 e. The van der Waals surface area contributed by atoms with Crippen molar-refractivity contribution in [2.45, 2.75) is 6.42 Å². The van der Waals surface area contributed by atoms with Gasteiger partial charge >= 0.3 is 0 Å². The van der Waals surface area contributed by atoms with Gasteiger partial charge in [-0.15, -0.1) is 6.42 Å². The maximum absolute atomic E-state index is 11.4. The first kappa shape index (κ1) is 14.5. The lowest BCUT2D eigenvalue weighted by Gasteiger charge is -2.06. The summed E-state index contributed by atoms with van der Waals surface area (Å²) in [7, 11) is 1.61. The molecule has 2 heterocycles. The summed E-state index contributed by atoms with van der Waals surface area (Å²) < 4.78 is 0. The number of benzene rings is 1. The van der Waals surface area contributed by atoms with Crippen LogP contribution in [0.2, 0.25) is 0 Å². The number of aromatic amines is 1. The highest BCUT2D eigenvalue weighted by molar-refractivity contribution is 5.79. The number of anilines is 2. The number of likely N-dealkylation sites (N-methyl/N-ethyl adjacent to an activating group) is 1. The van der Waals surface area contributed by atoms with Crippen LogP contribution in [0.5, 0.6) is 0 Å². The van der Waals surface area contributed by atoms with Gasteiger partial charge in [-0.2, -0.15) is 4.98 Å². The van der Waals surface area contributed by atoms with Crippen molar-refractivity contribution in [1.82, 2.24) is 25.3 Å². The van der Waals surface area contributed by atoms with Crippen LogP contribution in [0.3, 0.4) is 0 Å². The summed E-state index contributed by atoms with van der Waals surface area (Å²) in [6.45, 7) is 0. The molecular formula is C16H14N6O. The minimum atomic E-state index is -0.0308. The molecule has 0 fully saturated rings. The number of H-pyrrole nitrogens is 1. The van der Waals surface area contributed by atoms with Crippen LogP contribution in [0.15, 0.2) is 30.6 Å². The zero-order valence-electron chi connectivity index (χ0n) is 12.4. The summed E-state index contributed by atoms with van der Waals surface area (Å²) in [5.74, 6) is 2.85. The van der Waals surface area contributed by atoms with Crippen LogP contribution in [0.25, 0.3) is 11.2 Å². The number of nitrogens with one attached hydrogen (secondary N) is 3. The van der Waals surface area contributed by atoms with E-state index in [1.165, 1.54) is 6.33 Å². The average Bonchev–Trinajstić information content (AvgIpc) is 3.04. The van der Waals surface area contributed by atoms with Crippen LogP contribution >= 0.6 is 0 Å². The molecule has 114 valence electrons. The maximum atomic E-state index is 11.4. The Labute approximate surface area is 132 Å². The van der Waals surface area contributed by atoms with E-state index < -0.39 is 0 Å². The fourth-order valence-electron chi connectivity index (χ4n) is 2.10. The van der Waals surface area contributed by atoms with Gasteiger partial charge in [0.2, 0.25) is 11.9 Å². The molecule has 0 bridgehead atoms. The topological polar surface area (TPSA) is 95.6 Å². The maximum Gasteiger partial charge on any atom is 0.230 e. The monoisotopic (exact) mass is 306 g/mol. The van der Waals surface area contributed by atoms with E-state index in [9.17, 15) is 4.79 Å². The van der Waals surface area contributed by atoms with E-state index in [1.807, 2.05) is 24.3 Å². The normalized spacial score (nSPS) is 10.3. The predicted octanol–water partition coefficient (Wildman–Crippen LogP) is 1.37. The molecule has 1 aromatic carbocycles. The molecule has 0 unspecified atom stereocenters. The van der Waals surface area contributed by atoms with Gasteiger partial charge in [-0.05, 0) is 23.6 Å². The Morgan fingerprint density at radius 1 is 1.30 bits per heavy atom. The summed E-state index contributed by atoms with van der Waals surface area (Å²) >= 11 is 0. The molecule has 7 heteroatoms. The quantitative estimate of drug-likeness (QED) is 0.633. The second kappa shape index (κ2) is 6.15. The van der Waals surface area contributed by atoms with Crippen molar-refractivity contribution in [3.63, 3.8) is 0 Å². The molecule has 0 aliphatic rings. The molecule has 0 aliphatic heterocycles. The van der Waals surface area contributed by atoms with Crippen LogP contribution in [-0.2, 0) is 11.2 Å². The number of carbonyl (C=O) groups excluding carboxylic acids is 1. The predicted molar refractivity (Wildman–Crippen MR) is 87.1 cm³/mol. The zero-order valence-corrected chi connectivity index (χ0v) is 12.4. The van der Waals surface area contributed by atoms with Crippen molar-refractivity contribution in [2.75, 3.05) is 12.4 Å². The second-order valence-corrected chi connectivity index (χ2v) is 4.81. The summed E-state index contributed by atoms with van der Waals surface area (Å²) in [6, 6.07) is 7.44. The number of aromatic nitrogens is 4. The Kier molecular flexibility index (Phi) is 3.89. The van der Waals surface area contributed by atoms with Gasteiger partial charge in [-0.25, -0.2) is 9.97 Å². The van der Waals surface area contributed by atoms with Crippen molar-refractivity contribution in [3.05, 3.63) is 41.9 Å². The van der Waals surface area contributed by atoms with Gasteiger partial charge in [-0.1, -0.05) is 12.1 Å². The highest BCUT2D eigenvalue weighted by atomic mass is 16.1. The Morgan fingerprint density at radius 3 is 2.78 bits per heavy atom. The minimum absolute atomic E-state index is 0.0308. The first-order valence-electron chi connectivity index (χ1n) is 6.94. The van der Waals surface area contributed by atoms with Crippen molar-refractivity contribution < 1.29 is 4.79 Å². The summed E-state index contributed by atoms with van der Waals surface area (Å²) in [4.78, 5) is 26.9. The molecule has 0 spiro atoms. The largest absolute Gasteiger partial charge is 0.359 e. The summed E-state index contributed by atoms with van der Waals surface area (Å²) in [5, 5.41) is 5.67. The van der Waals surface area contributed by atoms with Crippen molar-refractivity contribution in [2.24, 2.45) is 0 Å². The number of amides is 1. The first-order valence-corrected chi connectivity index (χ1v) is 6.94. The van der Waals surface area contributed by atoms with Gasteiger partial charge in [0, 0.05) is 12.7 Å². The lowest BCUT2D eigenvalue weighted by atomic mass is 10.1. The molecule has 23 heavy (non-hydrogen) atoms. The Morgan fingerprint density at radius 2 is 2.09 bits per heavy atom. The van der Waals surface area contributed by atoms with Crippen molar-refractivity contribution >= 4 is 28.7 Å². The van der Waals surface area contributed by atoms with Gasteiger partial charge in [0.25, 0.3) is 0 Å². The number of hydrogen-bond donors (Lipinski definition) is 3. The number of carbonyl (C=O) groups is 1. The van der Waals surface area contributed by atoms with Crippen LogP contribution in [-0.4, -0.2) is 32.9 Å². The summed E-state index contributed by atoms with van der Waals surface area (Å²) in [6.07, 6.45) is 7.33. The van der Waals surface area contributed by atoms with Gasteiger partial charge in [0.1, 0.15) is 11.2 Å². The lowest BCUT2D eigenvalue weighted by molar-refractivity contribution is -0.119. The molecule has 3 rings (SSSR count). The average molecular weight is 306 g/mol. The summed E-state index contributed by atoms with van der Waals surface area (Å²) in [5.41, 5.74) is 3.31. The first-order chi connectivity index (χ1) is 11.2. The SMILES string of the molecule is C#Cc1nc(Nc2ccc(CC(=O)NC)cc2)nc2nc[nH]c12. The molecule has 0 atom stereocenters. The highest BCUT2D eigenvalue weighted by Gasteiger charge is 2.08. The fraction of sp³-hybridized carbons (Fsp3) is 0.125. The van der Waals surface area contributed by atoms with E-state index in [1.54, 1.807) is 7.05 Å². The van der Waals surface area contributed by atoms with E-state index in [-0.39, 0.29) is 5.91 Å². The van der Waals surface area contributed by atoms with Crippen LogP contribution in [0.1, 0.15) is 11.3 Å². The molecule has 0 saturated carbocycles. The van der Waals surface area contributed by atoms with E-state index in [2.05, 4.69) is 36.5 Å². The number of imidazole rings is 1. The van der Waals surface area contributed by atoms with E-state index in [0.29, 0.717) is 29.2 Å². The molecule has 3 N–H and O–H groups in total. The Balaban J connectivity index is 1.82. The van der Waals surface area contributed by atoms with Gasteiger partial charge in [-0.3, -0.25) is 4.79 Å². The molecular weight excluding hydrogens is 292 g/mol. The number of nitrogens with zero attached hydrogens (tertiary/aromatic N) is 3. The fourth-order valence-corrected chi connectivity index (χ4v) is 2.10. The second-order valence-electron chi connectivity index (χ2n) is 4.81. The van der Waals surface area contributed by atoms with E-state index in [4.69, 9.17) is 6.42 Å². The highest BCUT2D eigenvalue weighted by Crippen LogP contribution is 2.18. The third-order valence-corrected chi connectivity index (χ3v) is 3.28. The zero-order chi connectivity index (χ0) is 16.2. The molecule has 0 aliphatic carbocycles. The number of hydrogen-bond acceptors (Lipinski definition) is 5. The molecule has 0 saturated heterocycles. The Bertz CT molecular complexity index is 891. The van der Waals surface area contributed by atoms with Crippen LogP contribution in [0, 0.1) is 12.3 Å². The van der Waals surface area contributed by atoms with E-state index in [0.717, 1.165) is 11.3 Å². The van der Waals surface area contributed by atoms with Gasteiger partial charge in [0.15, 0.2) is 5.65 Å².